The molecule has 0 amide bonds. The Morgan fingerprint density at radius 3 is 2.61 bits per heavy atom. The summed E-state index contributed by atoms with van der Waals surface area (Å²) in [6, 6.07) is 12.7. The Morgan fingerprint density at radius 1 is 1.11 bits per heavy atom. The number of hydrogen-bond acceptors (Lipinski definition) is 2. The van der Waals surface area contributed by atoms with E-state index in [0.29, 0.717) is 5.57 Å². The van der Waals surface area contributed by atoms with Gasteiger partial charge < -0.3 is 4.57 Å². The second-order valence-electron chi connectivity index (χ2n) is 6.86. The summed E-state index contributed by atoms with van der Waals surface area (Å²) in [6.45, 7) is 1.96. The number of allylic oxidation sites excluding steroid dienone is 10. The van der Waals surface area contributed by atoms with Gasteiger partial charge in [-0.2, -0.15) is 10.5 Å². The Hall–Kier alpha value is -3.82. The lowest BCUT2D eigenvalue weighted by Gasteiger charge is -2.09. The van der Waals surface area contributed by atoms with Crippen molar-refractivity contribution in [1.82, 2.24) is 4.57 Å². The SMILES string of the molecule is C/C(=C(C#N)\C=C/CC#N)n1c2c(c3ccccc31)=CC1=CC=CC=C(C=2)C1. The molecule has 1 aromatic carbocycles. The lowest BCUT2D eigenvalue weighted by atomic mass is 10.1. The molecule has 3 nitrogen and oxygen atoms in total. The van der Waals surface area contributed by atoms with Crippen molar-refractivity contribution in [2.24, 2.45) is 0 Å². The van der Waals surface area contributed by atoms with Crippen molar-refractivity contribution in [2.75, 3.05) is 0 Å². The third-order valence-corrected chi connectivity index (χ3v) is 5.08. The van der Waals surface area contributed by atoms with E-state index in [0.717, 1.165) is 23.0 Å². The Labute approximate surface area is 164 Å². The monoisotopic (exact) mass is 361 g/mol. The van der Waals surface area contributed by atoms with Crippen LogP contribution in [0.25, 0.3) is 28.8 Å². The topological polar surface area (TPSA) is 52.5 Å². The van der Waals surface area contributed by atoms with E-state index < -0.39 is 0 Å². The van der Waals surface area contributed by atoms with Crippen molar-refractivity contribution in [3.8, 4) is 12.1 Å². The molecule has 2 aliphatic carbocycles. The van der Waals surface area contributed by atoms with Crippen LogP contribution in [0.1, 0.15) is 19.8 Å². The molecule has 0 aliphatic heterocycles. The van der Waals surface area contributed by atoms with E-state index in [4.69, 9.17) is 5.26 Å². The van der Waals surface area contributed by atoms with Crippen molar-refractivity contribution in [2.45, 2.75) is 19.8 Å². The summed E-state index contributed by atoms with van der Waals surface area (Å²) < 4.78 is 2.17. The number of benzene rings is 1. The molecular weight excluding hydrogens is 342 g/mol. The van der Waals surface area contributed by atoms with Crippen LogP contribution in [0.2, 0.25) is 0 Å². The molecule has 2 aliphatic rings. The molecule has 2 aromatic rings. The second-order valence-corrected chi connectivity index (χ2v) is 6.86. The molecule has 4 rings (SSSR count). The molecule has 0 fully saturated rings. The minimum atomic E-state index is 0.288. The van der Waals surface area contributed by atoms with Crippen LogP contribution >= 0.6 is 0 Å². The molecule has 0 unspecified atom stereocenters. The van der Waals surface area contributed by atoms with Crippen LogP contribution in [-0.2, 0) is 0 Å². The maximum atomic E-state index is 9.71. The maximum Gasteiger partial charge on any atom is 0.101 e. The Kier molecular flexibility index (Phi) is 4.67. The molecule has 0 saturated carbocycles. The zero-order valence-corrected chi connectivity index (χ0v) is 15.7. The zero-order valence-electron chi connectivity index (χ0n) is 15.7. The molecular formula is C25H19N3. The van der Waals surface area contributed by atoms with Crippen LogP contribution in [-0.4, -0.2) is 4.57 Å². The van der Waals surface area contributed by atoms with E-state index in [2.05, 4.69) is 71.4 Å². The van der Waals surface area contributed by atoms with Gasteiger partial charge in [-0.05, 0) is 48.8 Å². The van der Waals surface area contributed by atoms with E-state index >= 15 is 0 Å². The second kappa shape index (κ2) is 7.43. The molecule has 134 valence electrons. The number of aromatic nitrogens is 1. The van der Waals surface area contributed by atoms with Gasteiger partial charge >= 0.3 is 0 Å². The van der Waals surface area contributed by atoms with Gasteiger partial charge in [0.2, 0.25) is 0 Å². The van der Waals surface area contributed by atoms with Gasteiger partial charge in [0.05, 0.1) is 28.9 Å². The summed E-state index contributed by atoms with van der Waals surface area (Å²) >= 11 is 0. The van der Waals surface area contributed by atoms with Gasteiger partial charge in [-0.1, -0.05) is 48.6 Å². The summed E-state index contributed by atoms with van der Waals surface area (Å²) in [7, 11) is 0. The van der Waals surface area contributed by atoms with Crippen molar-refractivity contribution in [3.05, 3.63) is 88.0 Å². The fourth-order valence-electron chi connectivity index (χ4n) is 3.80. The normalized spacial score (nSPS) is 15.8. The number of fused-ring (bicyclic) bond motifs is 5. The fourth-order valence-corrected chi connectivity index (χ4v) is 3.80. The summed E-state index contributed by atoms with van der Waals surface area (Å²) in [5, 5.41) is 21.9. The van der Waals surface area contributed by atoms with Crippen LogP contribution in [0.5, 0.6) is 0 Å². The standard InChI is InChI=1S/C25H19N3/c1-18(21(17-27)10-6-7-13-26)28-24-12-5-4-11-22(24)23-15-19-8-2-3-9-20(14-19)16-25(23)28/h2-6,8-12,15-16H,7,14H2,1H3/b10-6-,21-18-. The van der Waals surface area contributed by atoms with Gasteiger partial charge in [0.1, 0.15) is 6.07 Å². The molecule has 2 bridgehead atoms. The smallest absolute Gasteiger partial charge is 0.101 e. The summed E-state index contributed by atoms with van der Waals surface area (Å²) in [4.78, 5) is 0. The van der Waals surface area contributed by atoms with Crippen LogP contribution in [0.15, 0.2) is 77.4 Å². The first kappa shape index (κ1) is 17.6. The third kappa shape index (κ3) is 3.04. The lowest BCUT2D eigenvalue weighted by Crippen LogP contribution is -2.28. The van der Waals surface area contributed by atoms with Crippen molar-refractivity contribution in [3.63, 3.8) is 0 Å². The van der Waals surface area contributed by atoms with Gasteiger partial charge in [-0.15, -0.1) is 0 Å². The average Bonchev–Trinajstić information content (AvgIpc) is 2.86. The van der Waals surface area contributed by atoms with Crippen LogP contribution in [0.3, 0.4) is 0 Å². The first-order valence-corrected chi connectivity index (χ1v) is 9.27. The van der Waals surface area contributed by atoms with Gasteiger partial charge in [0.25, 0.3) is 0 Å². The molecule has 0 saturated heterocycles. The van der Waals surface area contributed by atoms with Crippen LogP contribution in [0.4, 0.5) is 0 Å². The fraction of sp³-hybridized carbons (Fsp3) is 0.120. The minimum Gasteiger partial charge on any atom is -0.312 e. The summed E-state index contributed by atoms with van der Waals surface area (Å²) in [5.74, 6) is 0. The molecule has 0 atom stereocenters. The van der Waals surface area contributed by atoms with Gasteiger partial charge in [-0.3, -0.25) is 0 Å². The molecule has 28 heavy (non-hydrogen) atoms. The highest BCUT2D eigenvalue weighted by Gasteiger charge is 2.14. The van der Waals surface area contributed by atoms with E-state index in [1.807, 2.05) is 13.0 Å². The highest BCUT2D eigenvalue weighted by atomic mass is 15.0. The van der Waals surface area contributed by atoms with Crippen molar-refractivity contribution in [1.29, 1.82) is 10.5 Å². The number of hydrogen-bond donors (Lipinski definition) is 0. The molecule has 0 radical (unpaired) electrons. The zero-order chi connectivity index (χ0) is 19.5. The lowest BCUT2D eigenvalue weighted by molar-refractivity contribution is 1.08. The summed E-state index contributed by atoms with van der Waals surface area (Å²) in [6.07, 6.45) is 17.6. The number of para-hydroxylation sites is 1. The van der Waals surface area contributed by atoms with Gasteiger partial charge in [0.15, 0.2) is 0 Å². The molecule has 0 spiro atoms. The number of rotatable bonds is 3. The first-order valence-electron chi connectivity index (χ1n) is 9.27. The van der Waals surface area contributed by atoms with E-state index in [9.17, 15) is 5.26 Å². The van der Waals surface area contributed by atoms with E-state index in [-0.39, 0.29) is 6.42 Å². The third-order valence-electron chi connectivity index (χ3n) is 5.08. The van der Waals surface area contributed by atoms with Crippen molar-refractivity contribution < 1.29 is 0 Å². The molecule has 0 N–H and O–H groups in total. The van der Waals surface area contributed by atoms with Crippen LogP contribution < -0.4 is 10.6 Å². The Bertz CT molecular complexity index is 1320. The predicted octanol–water partition coefficient (Wildman–Crippen LogP) is 4.25. The van der Waals surface area contributed by atoms with Gasteiger partial charge in [0, 0.05) is 16.3 Å². The quantitative estimate of drug-likeness (QED) is 0.606. The molecule has 1 aromatic heterocycles. The van der Waals surface area contributed by atoms with Gasteiger partial charge in [-0.25, -0.2) is 0 Å². The Morgan fingerprint density at radius 2 is 1.86 bits per heavy atom. The first-order chi connectivity index (χ1) is 13.7. The number of nitriles is 2. The van der Waals surface area contributed by atoms with Crippen molar-refractivity contribution >= 4 is 28.8 Å². The number of nitrogens with zero attached hydrogens (tertiary/aromatic N) is 3. The van der Waals surface area contributed by atoms with E-state index in [1.54, 1.807) is 12.2 Å². The Balaban J connectivity index is 2.11. The molecule has 3 heteroatoms. The predicted molar refractivity (Wildman–Crippen MR) is 114 cm³/mol. The summed E-state index contributed by atoms with van der Waals surface area (Å²) in [5.41, 5.74) is 5.01. The average molecular weight is 361 g/mol. The highest BCUT2D eigenvalue weighted by Crippen LogP contribution is 2.22. The van der Waals surface area contributed by atoms with E-state index in [1.165, 1.54) is 21.8 Å². The van der Waals surface area contributed by atoms with Crippen LogP contribution in [0, 0.1) is 22.7 Å². The largest absolute Gasteiger partial charge is 0.312 e. The maximum absolute atomic E-state index is 9.71. The minimum absolute atomic E-state index is 0.288. The molecule has 1 heterocycles. The highest BCUT2D eigenvalue weighted by molar-refractivity contribution is 5.88.